The number of nitrogens with zero attached hydrogens (tertiary/aromatic N) is 2. The summed E-state index contributed by atoms with van der Waals surface area (Å²) in [6.07, 6.45) is 4.03. The number of nitrogens with one attached hydrogen (secondary N) is 1. The lowest BCUT2D eigenvalue weighted by atomic mass is 9.96. The van der Waals surface area contributed by atoms with Gasteiger partial charge in [-0.1, -0.05) is 0 Å². The molecule has 20 heavy (non-hydrogen) atoms. The maximum Gasteiger partial charge on any atom is 0.254 e. The molecule has 2 heterocycles. The van der Waals surface area contributed by atoms with Gasteiger partial charge in [-0.15, -0.1) is 0 Å². The average molecular weight is 275 g/mol. The Kier molecular flexibility index (Phi) is 5.12. The molecule has 1 aliphatic heterocycles. The van der Waals surface area contributed by atoms with E-state index in [-0.39, 0.29) is 11.9 Å². The van der Waals surface area contributed by atoms with Gasteiger partial charge in [-0.3, -0.25) is 9.78 Å². The molecule has 0 aliphatic carbocycles. The van der Waals surface area contributed by atoms with E-state index in [4.69, 9.17) is 0 Å². The van der Waals surface area contributed by atoms with Crippen molar-refractivity contribution in [2.45, 2.75) is 39.7 Å². The summed E-state index contributed by atoms with van der Waals surface area (Å²) in [4.78, 5) is 18.9. The van der Waals surface area contributed by atoms with E-state index in [0.29, 0.717) is 5.92 Å². The Morgan fingerprint density at radius 3 is 2.75 bits per heavy atom. The summed E-state index contributed by atoms with van der Waals surface area (Å²) in [6, 6.07) is 3.92. The van der Waals surface area contributed by atoms with Gasteiger partial charge in [0.05, 0.1) is 0 Å². The Morgan fingerprint density at radius 2 is 2.15 bits per heavy atom. The zero-order valence-electron chi connectivity index (χ0n) is 12.7. The third-order valence-electron chi connectivity index (χ3n) is 3.94. The van der Waals surface area contributed by atoms with E-state index in [1.165, 1.54) is 0 Å². The third kappa shape index (κ3) is 3.79. The van der Waals surface area contributed by atoms with Gasteiger partial charge in [-0.25, -0.2) is 0 Å². The highest BCUT2D eigenvalue weighted by atomic mass is 16.2. The molecule has 0 bridgehead atoms. The summed E-state index contributed by atoms with van der Waals surface area (Å²) in [6.45, 7) is 9.10. The van der Waals surface area contributed by atoms with E-state index in [0.717, 1.165) is 43.7 Å². The number of rotatable bonds is 4. The van der Waals surface area contributed by atoms with Gasteiger partial charge >= 0.3 is 0 Å². The largest absolute Gasteiger partial charge is 0.336 e. The van der Waals surface area contributed by atoms with E-state index >= 15 is 0 Å². The molecule has 1 N–H and O–H groups in total. The molecule has 1 aromatic rings. The summed E-state index contributed by atoms with van der Waals surface area (Å²) < 4.78 is 0. The van der Waals surface area contributed by atoms with Gasteiger partial charge in [0.1, 0.15) is 0 Å². The van der Waals surface area contributed by atoms with Crippen LogP contribution in [0.2, 0.25) is 0 Å². The predicted molar refractivity (Wildman–Crippen MR) is 80.7 cm³/mol. The number of amides is 1. The quantitative estimate of drug-likeness (QED) is 0.916. The average Bonchev–Trinajstić information content (AvgIpc) is 2.45. The normalized spacial score (nSPS) is 16.4. The zero-order chi connectivity index (χ0) is 14.5. The van der Waals surface area contributed by atoms with Crippen LogP contribution in [0.25, 0.3) is 0 Å². The van der Waals surface area contributed by atoms with Crippen LogP contribution in [0.3, 0.4) is 0 Å². The molecule has 1 amide bonds. The molecule has 0 spiro atoms. The fraction of sp³-hybridized carbons (Fsp3) is 0.625. The molecular formula is C16H25N3O. The van der Waals surface area contributed by atoms with Crippen LogP contribution in [-0.2, 0) is 0 Å². The van der Waals surface area contributed by atoms with Crippen LogP contribution < -0.4 is 5.32 Å². The van der Waals surface area contributed by atoms with Gasteiger partial charge in [-0.2, -0.15) is 0 Å². The van der Waals surface area contributed by atoms with Crippen LogP contribution in [0.5, 0.6) is 0 Å². The standard InChI is InChI=1S/C16H25N3O/c1-12(2)19(11-14-4-7-17-8-5-14)16(20)15-6-9-18-13(3)10-15/h6,9-10,12,14,17H,4-5,7-8,11H2,1-3H3. The molecule has 1 fully saturated rings. The molecule has 4 nitrogen and oxygen atoms in total. The Morgan fingerprint density at radius 1 is 1.45 bits per heavy atom. The zero-order valence-corrected chi connectivity index (χ0v) is 12.7. The number of carbonyl (C=O) groups excluding carboxylic acids is 1. The van der Waals surface area contributed by atoms with E-state index in [1.807, 2.05) is 24.0 Å². The summed E-state index contributed by atoms with van der Waals surface area (Å²) in [5, 5.41) is 3.37. The van der Waals surface area contributed by atoms with Gasteiger partial charge in [0.15, 0.2) is 0 Å². The van der Waals surface area contributed by atoms with Crippen molar-refractivity contribution in [1.82, 2.24) is 15.2 Å². The van der Waals surface area contributed by atoms with Gasteiger partial charge in [0.25, 0.3) is 5.91 Å². The van der Waals surface area contributed by atoms with Crippen molar-refractivity contribution < 1.29 is 4.79 Å². The number of carbonyl (C=O) groups is 1. The minimum Gasteiger partial charge on any atom is -0.336 e. The summed E-state index contributed by atoms with van der Waals surface area (Å²) in [5.74, 6) is 0.745. The van der Waals surface area contributed by atoms with Gasteiger partial charge < -0.3 is 10.2 Å². The van der Waals surface area contributed by atoms with Crippen LogP contribution in [0.1, 0.15) is 42.7 Å². The van der Waals surface area contributed by atoms with Crippen molar-refractivity contribution in [3.05, 3.63) is 29.6 Å². The molecule has 1 aliphatic rings. The van der Waals surface area contributed by atoms with Crippen molar-refractivity contribution in [3.63, 3.8) is 0 Å². The molecule has 0 unspecified atom stereocenters. The molecule has 4 heteroatoms. The van der Waals surface area contributed by atoms with Gasteiger partial charge in [-0.05, 0) is 64.8 Å². The molecule has 0 atom stereocenters. The maximum atomic E-state index is 12.7. The molecule has 110 valence electrons. The number of hydrogen-bond donors (Lipinski definition) is 1. The highest BCUT2D eigenvalue weighted by Crippen LogP contribution is 2.17. The lowest BCUT2D eigenvalue weighted by Gasteiger charge is -2.33. The number of hydrogen-bond acceptors (Lipinski definition) is 3. The first-order chi connectivity index (χ1) is 9.58. The minimum absolute atomic E-state index is 0.129. The van der Waals surface area contributed by atoms with Gasteiger partial charge in [0, 0.05) is 30.0 Å². The van der Waals surface area contributed by atoms with Crippen molar-refractivity contribution in [1.29, 1.82) is 0 Å². The SMILES string of the molecule is Cc1cc(C(=O)N(CC2CCNCC2)C(C)C)ccn1. The monoisotopic (exact) mass is 275 g/mol. The van der Waals surface area contributed by atoms with E-state index < -0.39 is 0 Å². The number of aryl methyl sites for hydroxylation is 1. The molecule has 0 saturated carbocycles. The lowest BCUT2D eigenvalue weighted by Crippen LogP contribution is -2.43. The van der Waals surface area contributed by atoms with Crippen LogP contribution >= 0.6 is 0 Å². The molecule has 2 rings (SSSR count). The van der Waals surface area contributed by atoms with Crippen LogP contribution in [0, 0.1) is 12.8 Å². The van der Waals surface area contributed by atoms with Crippen molar-refractivity contribution in [2.75, 3.05) is 19.6 Å². The Labute approximate surface area is 121 Å². The summed E-state index contributed by atoms with van der Waals surface area (Å²) >= 11 is 0. The summed E-state index contributed by atoms with van der Waals surface area (Å²) in [5.41, 5.74) is 1.64. The highest BCUT2D eigenvalue weighted by Gasteiger charge is 2.23. The fourth-order valence-electron chi connectivity index (χ4n) is 2.72. The van der Waals surface area contributed by atoms with E-state index in [1.54, 1.807) is 6.20 Å². The first kappa shape index (κ1) is 15.0. The lowest BCUT2D eigenvalue weighted by molar-refractivity contribution is 0.0658. The van der Waals surface area contributed by atoms with Gasteiger partial charge in [0.2, 0.25) is 0 Å². The topological polar surface area (TPSA) is 45.2 Å². The fourth-order valence-corrected chi connectivity index (χ4v) is 2.72. The number of aromatic nitrogens is 1. The Balaban J connectivity index is 2.09. The molecule has 1 saturated heterocycles. The van der Waals surface area contributed by atoms with E-state index in [9.17, 15) is 4.79 Å². The van der Waals surface area contributed by atoms with Crippen molar-refractivity contribution in [3.8, 4) is 0 Å². The number of pyridine rings is 1. The minimum atomic E-state index is 0.129. The summed E-state index contributed by atoms with van der Waals surface area (Å²) in [7, 11) is 0. The maximum absolute atomic E-state index is 12.7. The number of piperidine rings is 1. The first-order valence-corrected chi connectivity index (χ1v) is 7.52. The first-order valence-electron chi connectivity index (χ1n) is 7.52. The smallest absolute Gasteiger partial charge is 0.254 e. The molecule has 0 aromatic carbocycles. The Hall–Kier alpha value is -1.42. The van der Waals surface area contributed by atoms with Crippen molar-refractivity contribution >= 4 is 5.91 Å². The second-order valence-corrected chi connectivity index (χ2v) is 5.93. The second kappa shape index (κ2) is 6.84. The van der Waals surface area contributed by atoms with E-state index in [2.05, 4.69) is 24.1 Å². The molecular weight excluding hydrogens is 250 g/mol. The highest BCUT2D eigenvalue weighted by molar-refractivity contribution is 5.94. The second-order valence-electron chi connectivity index (χ2n) is 5.93. The molecule has 1 aromatic heterocycles. The van der Waals surface area contributed by atoms with Crippen LogP contribution in [-0.4, -0.2) is 41.5 Å². The van der Waals surface area contributed by atoms with Crippen LogP contribution in [0.15, 0.2) is 18.3 Å². The Bertz CT molecular complexity index is 453. The molecule has 0 radical (unpaired) electrons. The predicted octanol–water partition coefficient (Wildman–Crippen LogP) is 2.24. The van der Waals surface area contributed by atoms with Crippen molar-refractivity contribution in [2.24, 2.45) is 5.92 Å². The third-order valence-corrected chi connectivity index (χ3v) is 3.94. The van der Waals surface area contributed by atoms with Crippen LogP contribution in [0.4, 0.5) is 0 Å².